The van der Waals surface area contributed by atoms with E-state index in [1.54, 1.807) is 0 Å². The van der Waals surface area contributed by atoms with E-state index in [4.69, 9.17) is 0 Å². The van der Waals surface area contributed by atoms with Crippen LogP contribution in [-0.4, -0.2) is 0 Å². The minimum Gasteiger partial charge on any atom is -0.0683 e. The standard InChI is InChI=1S/C6H6.C6H14.3C2H6/c1-2-4-6-5-3-1;1-3-5-6-4-2;3*1-2/h1-6H;3-6H2,1-2H3;3*1-2H3. The molecule has 0 heterocycles. The molecule has 0 aliphatic carbocycles. The topological polar surface area (TPSA) is 0 Å². The van der Waals surface area contributed by atoms with Gasteiger partial charge in [0.1, 0.15) is 0 Å². The Morgan fingerprint density at radius 2 is 0.611 bits per heavy atom. The highest BCUT2D eigenvalue weighted by atomic mass is 13.8. The monoisotopic (exact) mass is 254 g/mol. The van der Waals surface area contributed by atoms with Crippen LogP contribution in [0.4, 0.5) is 0 Å². The Labute approximate surface area is 118 Å². The number of hydrogen-bond acceptors (Lipinski definition) is 0. The summed E-state index contributed by atoms with van der Waals surface area (Å²) >= 11 is 0. The fraction of sp³-hybridized carbons (Fsp3) is 0.667. The molecule has 0 N–H and O–H groups in total. The first-order valence-corrected chi connectivity index (χ1v) is 7.91. The third kappa shape index (κ3) is 45.5. The Morgan fingerprint density at radius 3 is 0.722 bits per heavy atom. The molecule has 0 radical (unpaired) electrons. The molecule has 1 rings (SSSR count). The average Bonchev–Trinajstić information content (AvgIpc) is 2.53. The van der Waals surface area contributed by atoms with Crippen molar-refractivity contribution in [1.82, 2.24) is 0 Å². The summed E-state index contributed by atoms with van der Waals surface area (Å²) in [4.78, 5) is 0. The van der Waals surface area contributed by atoms with Crippen molar-refractivity contribution in [3.05, 3.63) is 36.4 Å². The van der Waals surface area contributed by atoms with Crippen LogP contribution in [0.1, 0.15) is 81.1 Å². The molecule has 0 aliphatic rings. The van der Waals surface area contributed by atoms with Crippen LogP contribution >= 0.6 is 0 Å². The minimum atomic E-state index is 1.36. The van der Waals surface area contributed by atoms with Gasteiger partial charge in [-0.15, -0.1) is 0 Å². The molecule has 0 aliphatic heterocycles. The Morgan fingerprint density at radius 1 is 0.444 bits per heavy atom. The van der Waals surface area contributed by atoms with Gasteiger partial charge in [-0.2, -0.15) is 0 Å². The summed E-state index contributed by atoms with van der Waals surface area (Å²) in [6, 6.07) is 12.0. The zero-order chi connectivity index (χ0) is 15.1. The second kappa shape index (κ2) is 44.2. The largest absolute Gasteiger partial charge is 0.0683 e. The van der Waals surface area contributed by atoms with E-state index in [1.807, 2.05) is 77.9 Å². The van der Waals surface area contributed by atoms with Crippen LogP contribution in [0.2, 0.25) is 0 Å². The summed E-state index contributed by atoms with van der Waals surface area (Å²) in [5.74, 6) is 0. The van der Waals surface area contributed by atoms with Crippen molar-refractivity contribution in [3.8, 4) is 0 Å². The third-order valence-corrected chi connectivity index (χ3v) is 1.62. The van der Waals surface area contributed by atoms with Crippen LogP contribution in [0.5, 0.6) is 0 Å². The predicted octanol–water partition coefficient (Wildman–Crippen LogP) is 7.35. The second-order valence-electron chi connectivity index (χ2n) is 2.86. The summed E-state index contributed by atoms with van der Waals surface area (Å²) in [5.41, 5.74) is 0. The molecule has 0 aromatic heterocycles. The molecule has 0 nitrogen and oxygen atoms in total. The molecular formula is C18H38. The molecule has 18 heavy (non-hydrogen) atoms. The summed E-state index contributed by atoms with van der Waals surface area (Å²) in [5, 5.41) is 0. The van der Waals surface area contributed by atoms with E-state index in [9.17, 15) is 0 Å². The van der Waals surface area contributed by atoms with Crippen molar-refractivity contribution in [1.29, 1.82) is 0 Å². The van der Waals surface area contributed by atoms with Gasteiger partial charge in [0.25, 0.3) is 0 Å². The first-order valence-electron chi connectivity index (χ1n) is 7.91. The molecule has 110 valence electrons. The molecule has 0 spiro atoms. The van der Waals surface area contributed by atoms with E-state index in [2.05, 4.69) is 13.8 Å². The van der Waals surface area contributed by atoms with Crippen molar-refractivity contribution in [2.75, 3.05) is 0 Å². The lowest BCUT2D eigenvalue weighted by Gasteiger charge is -1.86. The zero-order valence-corrected chi connectivity index (χ0v) is 14.3. The molecule has 0 heteroatoms. The molecule has 1 aromatic rings. The fourth-order valence-electron chi connectivity index (χ4n) is 0.885. The maximum Gasteiger partial charge on any atom is -0.0536 e. The summed E-state index contributed by atoms with van der Waals surface area (Å²) in [7, 11) is 0. The molecule has 0 amide bonds. The Kier molecular flexibility index (Phi) is 63.7. The van der Waals surface area contributed by atoms with Gasteiger partial charge in [0.2, 0.25) is 0 Å². The van der Waals surface area contributed by atoms with Gasteiger partial charge in [-0.25, -0.2) is 0 Å². The van der Waals surface area contributed by atoms with E-state index in [0.29, 0.717) is 0 Å². The Bertz CT molecular complexity index is 113. The first kappa shape index (κ1) is 25.9. The van der Waals surface area contributed by atoms with Gasteiger partial charge in [-0.3, -0.25) is 0 Å². The van der Waals surface area contributed by atoms with Crippen LogP contribution < -0.4 is 0 Å². The van der Waals surface area contributed by atoms with Crippen LogP contribution in [0, 0.1) is 0 Å². The highest BCUT2D eigenvalue weighted by Gasteiger charge is 1.75. The summed E-state index contributed by atoms with van der Waals surface area (Å²) in [6.07, 6.45) is 5.54. The van der Waals surface area contributed by atoms with Crippen LogP contribution in [0.3, 0.4) is 0 Å². The molecular weight excluding hydrogens is 216 g/mol. The highest BCUT2D eigenvalue weighted by Crippen LogP contribution is 1.95. The minimum absolute atomic E-state index is 1.36. The lowest BCUT2D eigenvalue weighted by Crippen LogP contribution is -1.66. The van der Waals surface area contributed by atoms with Crippen molar-refractivity contribution in [2.45, 2.75) is 81.1 Å². The molecule has 0 fully saturated rings. The van der Waals surface area contributed by atoms with Crippen LogP contribution in [0.25, 0.3) is 0 Å². The number of unbranched alkanes of at least 4 members (excludes halogenated alkanes) is 3. The van der Waals surface area contributed by atoms with Crippen molar-refractivity contribution in [3.63, 3.8) is 0 Å². The van der Waals surface area contributed by atoms with E-state index in [-0.39, 0.29) is 0 Å². The van der Waals surface area contributed by atoms with Gasteiger partial charge in [0, 0.05) is 0 Å². The molecule has 0 atom stereocenters. The maximum atomic E-state index is 2.23. The predicted molar refractivity (Wildman–Crippen MR) is 90.3 cm³/mol. The van der Waals surface area contributed by atoms with E-state index in [1.165, 1.54) is 25.7 Å². The van der Waals surface area contributed by atoms with Crippen LogP contribution in [-0.2, 0) is 0 Å². The average molecular weight is 255 g/mol. The van der Waals surface area contributed by atoms with E-state index in [0.717, 1.165) is 0 Å². The van der Waals surface area contributed by atoms with E-state index < -0.39 is 0 Å². The van der Waals surface area contributed by atoms with Crippen molar-refractivity contribution in [2.24, 2.45) is 0 Å². The number of benzene rings is 1. The SMILES string of the molecule is CC.CC.CC.CCCCCC.c1ccccc1. The number of hydrogen-bond donors (Lipinski definition) is 0. The van der Waals surface area contributed by atoms with E-state index >= 15 is 0 Å². The van der Waals surface area contributed by atoms with Gasteiger partial charge in [0.15, 0.2) is 0 Å². The van der Waals surface area contributed by atoms with Gasteiger partial charge in [-0.05, 0) is 0 Å². The second-order valence-corrected chi connectivity index (χ2v) is 2.86. The summed E-state index contributed by atoms with van der Waals surface area (Å²) in [6.45, 7) is 16.5. The third-order valence-electron chi connectivity index (χ3n) is 1.62. The van der Waals surface area contributed by atoms with Gasteiger partial charge < -0.3 is 0 Å². The van der Waals surface area contributed by atoms with Crippen molar-refractivity contribution >= 4 is 0 Å². The Balaban J connectivity index is -0.0000000773. The highest BCUT2D eigenvalue weighted by molar-refractivity contribution is 4.99. The molecule has 0 saturated carbocycles. The molecule has 0 bridgehead atoms. The lowest BCUT2D eigenvalue weighted by molar-refractivity contribution is 0.702. The fourth-order valence-corrected chi connectivity index (χ4v) is 0.885. The lowest BCUT2D eigenvalue weighted by atomic mass is 10.2. The van der Waals surface area contributed by atoms with Gasteiger partial charge in [0.05, 0.1) is 0 Å². The summed E-state index contributed by atoms with van der Waals surface area (Å²) < 4.78 is 0. The smallest absolute Gasteiger partial charge is 0.0536 e. The molecule has 1 aromatic carbocycles. The van der Waals surface area contributed by atoms with Crippen LogP contribution in [0.15, 0.2) is 36.4 Å². The first-order chi connectivity index (χ1) is 8.91. The zero-order valence-electron chi connectivity index (χ0n) is 14.3. The normalized spacial score (nSPS) is 6.67. The molecule has 0 unspecified atom stereocenters. The maximum absolute atomic E-state index is 2.23. The van der Waals surface area contributed by atoms with Gasteiger partial charge >= 0.3 is 0 Å². The van der Waals surface area contributed by atoms with Gasteiger partial charge in [-0.1, -0.05) is 117 Å². The number of rotatable bonds is 3. The molecule has 0 saturated heterocycles. The quantitative estimate of drug-likeness (QED) is 0.494. The Hall–Kier alpha value is -0.780. The van der Waals surface area contributed by atoms with Crippen molar-refractivity contribution < 1.29 is 0 Å².